The van der Waals surface area contributed by atoms with Crippen LogP contribution in [0, 0.1) is 0 Å². The Kier molecular flexibility index (Phi) is 52.6. The Bertz CT molecular complexity index is 1790. The van der Waals surface area contributed by atoms with E-state index in [1.165, 1.54) is 32.1 Å². The fourth-order valence-corrected chi connectivity index (χ4v) is 8.10. The summed E-state index contributed by atoms with van der Waals surface area (Å²) in [5.74, 6) is -0.874. The zero-order valence-electron chi connectivity index (χ0n) is 48.6. The second kappa shape index (κ2) is 55.6. The summed E-state index contributed by atoms with van der Waals surface area (Å²) in [5, 5.41) is 0. The molecule has 0 heterocycles. The molecule has 0 fully saturated rings. The van der Waals surface area contributed by atoms with Gasteiger partial charge in [-0.25, -0.2) is 0 Å². The maximum Gasteiger partial charge on any atom is 0.306 e. The summed E-state index contributed by atoms with van der Waals surface area (Å²) in [4.78, 5) is 37.9. The summed E-state index contributed by atoms with van der Waals surface area (Å²) < 4.78 is 34.2. The third-order valence-electron chi connectivity index (χ3n) is 11.9. The minimum atomic E-state index is -4.66. The molecule has 2 unspecified atom stereocenters. The standard InChI is InChI=1S/C66H108NO8P/c1-6-8-10-12-14-16-18-20-22-24-26-28-30-32-33-35-37-39-41-43-45-47-49-51-53-55-57-59-66(69)75-64(63-74-76(70,71)73-61-60-67(3,4)5)62-72-65(68)58-56-54-52-50-48-46-44-42-40-38-36-34-31-29-27-25-23-21-19-17-15-13-11-9-7-2/h8-11,14-17,20-23,26-29,32-34,36-37,39,43,45,64H,6-7,12-13,18-19,24-25,30-31,35,38,40-42,44,46-63H2,1-5H3/b10-8-,11-9-,16-14-,17-15-,22-20-,23-21-,28-26-,29-27-,33-32-,36-34-,39-37-,45-43-. The highest BCUT2D eigenvalue weighted by molar-refractivity contribution is 7.45. The first-order valence-corrected chi connectivity index (χ1v) is 31.0. The lowest BCUT2D eigenvalue weighted by Crippen LogP contribution is -2.37. The third kappa shape index (κ3) is 59.1. The van der Waals surface area contributed by atoms with Crippen LogP contribution in [0.15, 0.2) is 146 Å². The molecule has 0 aliphatic rings. The van der Waals surface area contributed by atoms with Gasteiger partial charge in [0.1, 0.15) is 19.8 Å². The van der Waals surface area contributed by atoms with Crippen molar-refractivity contribution >= 4 is 19.8 Å². The smallest absolute Gasteiger partial charge is 0.306 e. The molecule has 0 N–H and O–H groups in total. The molecule has 10 heteroatoms. The number of ether oxygens (including phenoxy) is 2. The van der Waals surface area contributed by atoms with Gasteiger partial charge in [0.2, 0.25) is 0 Å². The second-order valence-electron chi connectivity index (χ2n) is 20.2. The number of carbonyl (C=O) groups excluding carboxylic acids is 2. The zero-order valence-corrected chi connectivity index (χ0v) is 49.5. The highest BCUT2D eigenvalue weighted by atomic mass is 31.2. The predicted molar refractivity (Wildman–Crippen MR) is 323 cm³/mol. The van der Waals surface area contributed by atoms with Crippen LogP contribution in [0.4, 0.5) is 0 Å². The number of nitrogens with zero attached hydrogens (tertiary/aromatic N) is 1. The van der Waals surface area contributed by atoms with Crippen LogP contribution in [0.2, 0.25) is 0 Å². The molecule has 0 amide bonds. The van der Waals surface area contributed by atoms with Gasteiger partial charge in [0.15, 0.2) is 6.10 Å². The van der Waals surface area contributed by atoms with Crippen molar-refractivity contribution in [3.05, 3.63) is 146 Å². The van der Waals surface area contributed by atoms with Crippen LogP contribution in [0.3, 0.4) is 0 Å². The molecule has 0 spiro atoms. The van der Waals surface area contributed by atoms with E-state index in [4.69, 9.17) is 18.5 Å². The number of allylic oxidation sites excluding steroid dienone is 24. The summed E-state index contributed by atoms with van der Waals surface area (Å²) in [6.07, 6.45) is 81.7. The van der Waals surface area contributed by atoms with E-state index in [2.05, 4.69) is 160 Å². The summed E-state index contributed by atoms with van der Waals surface area (Å²) >= 11 is 0. The van der Waals surface area contributed by atoms with Crippen LogP contribution >= 0.6 is 7.82 Å². The van der Waals surface area contributed by atoms with Gasteiger partial charge < -0.3 is 27.9 Å². The number of likely N-dealkylation sites (N-methyl/N-ethyl adjacent to an activating group) is 1. The number of unbranched alkanes of at least 4 members (excludes halogenated alkanes) is 14. The van der Waals surface area contributed by atoms with Crippen LogP contribution in [0.5, 0.6) is 0 Å². The second-order valence-corrected chi connectivity index (χ2v) is 21.7. The number of esters is 2. The molecule has 0 saturated carbocycles. The summed E-state index contributed by atoms with van der Waals surface area (Å²) in [5.41, 5.74) is 0. The van der Waals surface area contributed by atoms with Crippen molar-refractivity contribution in [2.24, 2.45) is 0 Å². The van der Waals surface area contributed by atoms with Crippen molar-refractivity contribution in [3.8, 4) is 0 Å². The number of phosphoric ester groups is 1. The first-order valence-electron chi connectivity index (χ1n) is 29.5. The van der Waals surface area contributed by atoms with E-state index in [9.17, 15) is 19.0 Å². The van der Waals surface area contributed by atoms with Gasteiger partial charge in [0.25, 0.3) is 7.82 Å². The van der Waals surface area contributed by atoms with Crippen molar-refractivity contribution < 1.29 is 42.1 Å². The zero-order chi connectivity index (χ0) is 55.6. The topological polar surface area (TPSA) is 111 Å². The van der Waals surface area contributed by atoms with Gasteiger partial charge in [0.05, 0.1) is 27.7 Å². The number of hydrogen-bond donors (Lipinski definition) is 0. The first kappa shape index (κ1) is 71.9. The SMILES string of the molecule is CC/C=C\C/C=C\C/C=C\C/C=C\C/C=C\C/C=C\C/C=C\CCCCCCCC(=O)OC(COC(=O)CCCCCCCCCCC/C=C\C/C=C\C/C=C\C/C=C\C/C=C\CC)COP(=O)([O-])OCC[N+](C)(C)C. The maximum absolute atomic E-state index is 12.8. The molecule has 9 nitrogen and oxygen atoms in total. The Morgan fingerprint density at radius 1 is 0.408 bits per heavy atom. The van der Waals surface area contributed by atoms with Crippen LogP contribution in [0.25, 0.3) is 0 Å². The van der Waals surface area contributed by atoms with Crippen LogP contribution in [-0.2, 0) is 32.7 Å². The quantitative estimate of drug-likeness (QED) is 0.0195. The Hall–Kier alpha value is -4.11. The molecule has 0 rings (SSSR count). The lowest BCUT2D eigenvalue weighted by molar-refractivity contribution is -0.870. The van der Waals surface area contributed by atoms with E-state index >= 15 is 0 Å². The number of rotatable bonds is 52. The average molecular weight is 1070 g/mol. The Labute approximate surface area is 465 Å². The van der Waals surface area contributed by atoms with E-state index in [0.717, 1.165) is 135 Å². The summed E-state index contributed by atoms with van der Waals surface area (Å²) in [6.45, 7) is 3.96. The number of carbonyl (C=O) groups is 2. The Balaban J connectivity index is 4.27. The molecule has 0 bridgehead atoms. The fraction of sp³-hybridized carbons (Fsp3) is 0.606. The van der Waals surface area contributed by atoms with Gasteiger partial charge in [-0.15, -0.1) is 0 Å². The molecule has 0 aliphatic carbocycles. The van der Waals surface area contributed by atoms with E-state index in [1.54, 1.807) is 0 Å². The first-order chi connectivity index (χ1) is 37.0. The molecule has 430 valence electrons. The monoisotopic (exact) mass is 1070 g/mol. The minimum absolute atomic E-state index is 0.0449. The highest BCUT2D eigenvalue weighted by Gasteiger charge is 2.21. The van der Waals surface area contributed by atoms with Crippen molar-refractivity contribution in [1.82, 2.24) is 0 Å². The van der Waals surface area contributed by atoms with Crippen molar-refractivity contribution in [2.75, 3.05) is 47.5 Å². The molecule has 0 aliphatic heterocycles. The lowest BCUT2D eigenvalue weighted by Gasteiger charge is -2.28. The molecule has 76 heavy (non-hydrogen) atoms. The lowest BCUT2D eigenvalue weighted by atomic mass is 10.1. The van der Waals surface area contributed by atoms with Crippen molar-refractivity contribution in [2.45, 2.75) is 213 Å². The van der Waals surface area contributed by atoms with Crippen LogP contribution in [0.1, 0.15) is 206 Å². The summed E-state index contributed by atoms with van der Waals surface area (Å²) in [6, 6.07) is 0. The van der Waals surface area contributed by atoms with Crippen LogP contribution in [-0.4, -0.2) is 70.0 Å². The van der Waals surface area contributed by atoms with Gasteiger partial charge in [-0.05, 0) is 116 Å². The molecule has 0 radical (unpaired) electrons. The van der Waals surface area contributed by atoms with E-state index < -0.39 is 32.5 Å². The number of quaternary nitrogens is 1. The molecule has 2 atom stereocenters. The Morgan fingerprint density at radius 2 is 0.711 bits per heavy atom. The normalized spacial score (nSPS) is 14.3. The third-order valence-corrected chi connectivity index (χ3v) is 12.8. The van der Waals surface area contributed by atoms with Gasteiger partial charge in [-0.2, -0.15) is 0 Å². The van der Waals surface area contributed by atoms with Crippen molar-refractivity contribution in [3.63, 3.8) is 0 Å². The Morgan fingerprint density at radius 3 is 1.05 bits per heavy atom. The molecule has 0 saturated heterocycles. The number of phosphoric acid groups is 1. The number of hydrogen-bond acceptors (Lipinski definition) is 8. The van der Waals surface area contributed by atoms with Crippen molar-refractivity contribution in [1.29, 1.82) is 0 Å². The van der Waals surface area contributed by atoms with Crippen LogP contribution < -0.4 is 4.89 Å². The van der Waals surface area contributed by atoms with E-state index in [1.807, 2.05) is 21.1 Å². The molecular weight excluding hydrogens is 966 g/mol. The molecule has 0 aromatic carbocycles. The average Bonchev–Trinajstić information content (AvgIpc) is 3.38. The molecular formula is C66H108NO8P. The largest absolute Gasteiger partial charge is 0.756 e. The molecule has 0 aromatic heterocycles. The highest BCUT2D eigenvalue weighted by Crippen LogP contribution is 2.38. The summed E-state index contributed by atoms with van der Waals surface area (Å²) in [7, 11) is 1.12. The van der Waals surface area contributed by atoms with Gasteiger partial charge in [-0.1, -0.05) is 224 Å². The van der Waals surface area contributed by atoms with Gasteiger partial charge >= 0.3 is 11.9 Å². The fourth-order valence-electron chi connectivity index (χ4n) is 7.37. The van der Waals surface area contributed by atoms with Gasteiger partial charge in [0, 0.05) is 12.8 Å². The minimum Gasteiger partial charge on any atom is -0.756 e. The molecule has 0 aromatic rings. The van der Waals surface area contributed by atoms with E-state index in [-0.39, 0.29) is 26.1 Å². The van der Waals surface area contributed by atoms with Gasteiger partial charge in [-0.3, -0.25) is 14.2 Å². The predicted octanol–water partition coefficient (Wildman–Crippen LogP) is 18.1. The maximum atomic E-state index is 12.8. The van der Waals surface area contributed by atoms with E-state index in [0.29, 0.717) is 23.9 Å².